The summed E-state index contributed by atoms with van der Waals surface area (Å²) in [7, 11) is 0. The molecule has 8 nitrogen and oxygen atoms in total. The Balaban J connectivity index is 1.58. The number of benzene rings is 1. The topological polar surface area (TPSA) is 115 Å². The molecule has 0 saturated heterocycles. The summed E-state index contributed by atoms with van der Waals surface area (Å²) in [5, 5.41) is 20.2. The second-order valence-electron chi connectivity index (χ2n) is 8.43. The van der Waals surface area contributed by atoms with E-state index in [1.54, 1.807) is 12.4 Å². The van der Waals surface area contributed by atoms with Gasteiger partial charge >= 0.3 is 0 Å². The molecule has 0 aliphatic heterocycles. The van der Waals surface area contributed by atoms with Gasteiger partial charge in [0.2, 0.25) is 5.95 Å². The van der Waals surface area contributed by atoms with Crippen LogP contribution in [0.1, 0.15) is 31.7 Å². The summed E-state index contributed by atoms with van der Waals surface area (Å²) >= 11 is 3.54. The Labute approximate surface area is 188 Å². The third-order valence-corrected chi connectivity index (χ3v) is 6.44. The van der Waals surface area contributed by atoms with Crippen molar-refractivity contribution in [2.45, 2.75) is 44.2 Å². The Kier molecular flexibility index (Phi) is 5.11. The lowest BCUT2D eigenvalue weighted by Crippen LogP contribution is -2.24. The van der Waals surface area contributed by atoms with Gasteiger partial charge in [0.25, 0.3) is 0 Å². The van der Waals surface area contributed by atoms with Crippen LogP contribution < -0.4 is 11.1 Å². The van der Waals surface area contributed by atoms with Crippen LogP contribution in [-0.2, 0) is 6.42 Å². The first-order chi connectivity index (χ1) is 14.9. The Morgan fingerprint density at radius 2 is 2.23 bits per heavy atom. The average Bonchev–Trinajstić information content (AvgIpc) is 3.26. The molecule has 0 bridgehead atoms. The molecule has 1 aromatic carbocycles. The van der Waals surface area contributed by atoms with Crippen molar-refractivity contribution in [1.29, 1.82) is 0 Å². The van der Waals surface area contributed by atoms with Crippen molar-refractivity contribution in [3.8, 4) is 5.69 Å². The second-order valence-corrected chi connectivity index (χ2v) is 9.18. The van der Waals surface area contributed by atoms with Gasteiger partial charge < -0.3 is 16.2 Å². The number of nitrogens with zero attached hydrogens (tertiary/aromatic N) is 5. The van der Waals surface area contributed by atoms with E-state index in [2.05, 4.69) is 48.4 Å². The van der Waals surface area contributed by atoms with Gasteiger partial charge in [-0.1, -0.05) is 6.07 Å². The minimum atomic E-state index is -0.634. The summed E-state index contributed by atoms with van der Waals surface area (Å²) < 4.78 is 2.51. The van der Waals surface area contributed by atoms with Crippen molar-refractivity contribution in [2.24, 2.45) is 5.73 Å². The molecular weight excluding hydrogens is 458 g/mol. The molecule has 4 N–H and O–H groups in total. The van der Waals surface area contributed by atoms with E-state index in [4.69, 9.17) is 10.7 Å². The lowest BCUT2D eigenvalue weighted by atomic mass is 10.1. The summed E-state index contributed by atoms with van der Waals surface area (Å²) in [5.41, 5.74) is 8.85. The van der Waals surface area contributed by atoms with E-state index in [9.17, 15) is 5.11 Å². The van der Waals surface area contributed by atoms with Gasteiger partial charge in [-0.2, -0.15) is 10.1 Å². The lowest BCUT2D eigenvalue weighted by Gasteiger charge is -2.16. The molecule has 0 radical (unpaired) electrons. The molecule has 1 aliphatic carbocycles. The zero-order valence-corrected chi connectivity index (χ0v) is 18.8. The van der Waals surface area contributed by atoms with Crippen LogP contribution in [0.15, 0.2) is 41.3 Å². The Morgan fingerprint density at radius 3 is 3.00 bits per heavy atom. The van der Waals surface area contributed by atoms with Crippen LogP contribution in [0.5, 0.6) is 0 Å². The fourth-order valence-electron chi connectivity index (χ4n) is 4.36. The Morgan fingerprint density at radius 1 is 1.35 bits per heavy atom. The molecule has 0 spiro atoms. The van der Waals surface area contributed by atoms with Crippen LogP contribution in [0.25, 0.3) is 27.6 Å². The zero-order chi connectivity index (χ0) is 21.6. The van der Waals surface area contributed by atoms with Crippen LogP contribution in [0, 0.1) is 0 Å². The maximum atomic E-state index is 10.3. The normalized spacial score (nSPS) is 21.2. The molecule has 1 saturated carbocycles. The van der Waals surface area contributed by atoms with Gasteiger partial charge in [0, 0.05) is 23.8 Å². The number of halogens is 1. The van der Waals surface area contributed by atoms with E-state index < -0.39 is 5.60 Å². The van der Waals surface area contributed by atoms with Gasteiger partial charge in [-0.3, -0.25) is 4.98 Å². The zero-order valence-electron chi connectivity index (χ0n) is 17.2. The SMILES string of the molecule is CC1(O)CC[C@@H](Nc2ncc3c(Br)nn(-c4cc(CCN)c5ncccc5c4)c3n2)C1. The number of hydrogen-bond acceptors (Lipinski definition) is 7. The molecule has 160 valence electrons. The van der Waals surface area contributed by atoms with Crippen molar-refractivity contribution in [2.75, 3.05) is 11.9 Å². The molecule has 4 aromatic rings. The van der Waals surface area contributed by atoms with E-state index >= 15 is 0 Å². The van der Waals surface area contributed by atoms with E-state index in [1.807, 2.05) is 23.7 Å². The number of nitrogens with one attached hydrogen (secondary N) is 1. The van der Waals surface area contributed by atoms with Crippen molar-refractivity contribution < 1.29 is 5.11 Å². The molecule has 1 unspecified atom stereocenters. The minimum Gasteiger partial charge on any atom is -0.390 e. The fourth-order valence-corrected chi connectivity index (χ4v) is 4.80. The highest BCUT2D eigenvalue weighted by atomic mass is 79.9. The fraction of sp³-hybridized carbons (Fsp3) is 0.364. The molecule has 1 aliphatic rings. The molecule has 5 rings (SSSR count). The first-order valence-corrected chi connectivity index (χ1v) is 11.2. The maximum absolute atomic E-state index is 10.3. The standard InChI is InChI=1S/C22H24BrN7O/c1-22(31)6-4-15(11-22)27-21-26-12-17-19(23)29-30(20(17)28-21)16-9-13-3-2-8-25-18(13)14(10-16)5-7-24/h2-3,8-10,12,15,31H,4-7,11,24H2,1H3,(H,26,27,28)/t15-,22?/m1/s1. The van der Waals surface area contributed by atoms with Gasteiger partial charge in [0.1, 0.15) is 4.60 Å². The second kappa shape index (κ2) is 7.81. The number of hydrogen-bond donors (Lipinski definition) is 3. The third kappa shape index (κ3) is 3.88. The summed E-state index contributed by atoms with van der Waals surface area (Å²) in [6.07, 6.45) is 6.63. The molecule has 9 heteroatoms. The van der Waals surface area contributed by atoms with Crippen LogP contribution >= 0.6 is 15.9 Å². The number of nitrogens with two attached hydrogens (primary N) is 1. The van der Waals surface area contributed by atoms with E-state index in [1.165, 1.54) is 0 Å². The number of fused-ring (bicyclic) bond motifs is 2. The quantitative estimate of drug-likeness (QED) is 0.400. The number of pyridine rings is 1. The Bertz CT molecular complexity index is 1270. The summed E-state index contributed by atoms with van der Waals surface area (Å²) in [4.78, 5) is 13.8. The first-order valence-electron chi connectivity index (χ1n) is 10.4. The van der Waals surface area contributed by atoms with Gasteiger partial charge in [0.15, 0.2) is 5.65 Å². The number of anilines is 1. The largest absolute Gasteiger partial charge is 0.390 e. The van der Waals surface area contributed by atoms with Gasteiger partial charge in [-0.15, -0.1) is 0 Å². The van der Waals surface area contributed by atoms with Crippen molar-refractivity contribution in [3.05, 3.63) is 46.8 Å². The van der Waals surface area contributed by atoms with Crippen LogP contribution in [0.3, 0.4) is 0 Å². The van der Waals surface area contributed by atoms with E-state index in [0.717, 1.165) is 46.8 Å². The molecule has 1 fully saturated rings. The molecule has 0 amide bonds. The summed E-state index contributed by atoms with van der Waals surface area (Å²) in [5.74, 6) is 0.536. The predicted octanol–water partition coefficient (Wildman–Crippen LogP) is 3.34. The van der Waals surface area contributed by atoms with Gasteiger partial charge in [0.05, 0.1) is 22.2 Å². The number of aliphatic hydroxyl groups is 1. The highest BCUT2D eigenvalue weighted by Crippen LogP contribution is 2.32. The number of aromatic nitrogens is 5. The van der Waals surface area contributed by atoms with Crippen molar-refractivity contribution in [1.82, 2.24) is 24.7 Å². The Hall–Kier alpha value is -2.62. The van der Waals surface area contributed by atoms with Crippen LogP contribution in [0.4, 0.5) is 5.95 Å². The summed E-state index contributed by atoms with van der Waals surface area (Å²) in [6.45, 7) is 2.42. The average molecular weight is 482 g/mol. The highest BCUT2D eigenvalue weighted by Gasteiger charge is 2.33. The minimum absolute atomic E-state index is 0.148. The smallest absolute Gasteiger partial charge is 0.224 e. The molecular formula is C22H24BrN7O. The van der Waals surface area contributed by atoms with Gasteiger partial charge in [-0.05, 0) is 78.8 Å². The summed E-state index contributed by atoms with van der Waals surface area (Å²) in [6, 6.07) is 8.25. The van der Waals surface area contributed by atoms with E-state index in [0.29, 0.717) is 29.2 Å². The first kappa shape index (κ1) is 20.3. The van der Waals surface area contributed by atoms with E-state index in [-0.39, 0.29) is 6.04 Å². The highest BCUT2D eigenvalue weighted by molar-refractivity contribution is 9.10. The molecule has 3 aromatic heterocycles. The lowest BCUT2D eigenvalue weighted by molar-refractivity contribution is 0.0673. The monoisotopic (exact) mass is 481 g/mol. The molecule has 2 atom stereocenters. The predicted molar refractivity (Wildman–Crippen MR) is 124 cm³/mol. The van der Waals surface area contributed by atoms with Crippen LogP contribution in [0.2, 0.25) is 0 Å². The number of rotatable bonds is 5. The van der Waals surface area contributed by atoms with Crippen molar-refractivity contribution in [3.63, 3.8) is 0 Å². The molecule has 3 heterocycles. The molecule has 31 heavy (non-hydrogen) atoms. The van der Waals surface area contributed by atoms with Gasteiger partial charge in [-0.25, -0.2) is 9.67 Å². The van der Waals surface area contributed by atoms with Crippen molar-refractivity contribution >= 4 is 43.8 Å². The third-order valence-electron chi connectivity index (χ3n) is 5.86. The maximum Gasteiger partial charge on any atom is 0.224 e. The van der Waals surface area contributed by atoms with Crippen LogP contribution in [-0.4, -0.2) is 48.0 Å².